The van der Waals surface area contributed by atoms with Crippen molar-refractivity contribution in [2.75, 3.05) is 24.2 Å². The first-order valence-corrected chi connectivity index (χ1v) is 10.6. The lowest BCUT2D eigenvalue weighted by molar-refractivity contribution is -0.00512. The highest BCUT2D eigenvalue weighted by atomic mass is 32.2. The van der Waals surface area contributed by atoms with Crippen LogP contribution in [-0.2, 0) is 0 Å². The number of aromatic nitrogens is 5. The molecule has 1 saturated carbocycles. The third-order valence-corrected chi connectivity index (χ3v) is 5.93. The molecule has 0 spiro atoms. The Hall–Kier alpha value is -1.49. The lowest BCUT2D eigenvalue weighted by atomic mass is 10.1. The molecule has 4 atom stereocenters. The number of thioether (sulfide) groups is 1. The maximum absolute atomic E-state index is 10.4. The van der Waals surface area contributed by atoms with Crippen LogP contribution < -0.4 is 5.32 Å². The Bertz CT molecular complexity index is 758. The summed E-state index contributed by atoms with van der Waals surface area (Å²) in [7, 11) is 0. The van der Waals surface area contributed by atoms with E-state index >= 15 is 0 Å². The largest absolute Gasteiger partial charge is 0.396 e. The highest BCUT2D eigenvalue weighted by Gasteiger charge is 2.43. The Morgan fingerprint density at radius 1 is 1.19 bits per heavy atom. The third-order valence-electron chi connectivity index (χ3n) is 4.88. The maximum atomic E-state index is 10.4. The van der Waals surface area contributed by atoms with Crippen molar-refractivity contribution in [3.8, 4) is 0 Å². The lowest BCUT2D eigenvalue weighted by Crippen LogP contribution is -2.30. The quantitative estimate of drug-likeness (QED) is 0.281. The van der Waals surface area contributed by atoms with Crippen LogP contribution in [0.3, 0.4) is 0 Å². The molecular formula is C17H28N6O3S. The number of anilines is 1. The van der Waals surface area contributed by atoms with Crippen molar-refractivity contribution >= 4 is 28.7 Å². The van der Waals surface area contributed by atoms with Gasteiger partial charge in [0.15, 0.2) is 22.1 Å². The van der Waals surface area contributed by atoms with E-state index in [2.05, 4.69) is 39.4 Å². The fourth-order valence-corrected chi connectivity index (χ4v) is 4.01. The summed E-state index contributed by atoms with van der Waals surface area (Å²) in [5.74, 6) is 1.16. The molecule has 0 radical (unpaired) electrons. The molecular weight excluding hydrogens is 368 g/mol. The minimum Gasteiger partial charge on any atom is -0.396 e. The molecule has 1 fully saturated rings. The zero-order valence-corrected chi connectivity index (χ0v) is 16.6. The van der Waals surface area contributed by atoms with E-state index in [1.54, 1.807) is 16.4 Å². The van der Waals surface area contributed by atoms with Gasteiger partial charge in [-0.25, -0.2) is 14.6 Å². The van der Waals surface area contributed by atoms with E-state index in [-0.39, 0.29) is 12.5 Å². The molecule has 3 rings (SSSR count). The van der Waals surface area contributed by atoms with Crippen LogP contribution in [0.2, 0.25) is 0 Å². The number of hydrogen-bond donors (Lipinski definition) is 4. The van der Waals surface area contributed by atoms with E-state index in [4.69, 9.17) is 0 Å². The summed E-state index contributed by atoms with van der Waals surface area (Å²) in [6, 6.07) is -0.482. The van der Waals surface area contributed by atoms with E-state index in [1.165, 1.54) is 0 Å². The van der Waals surface area contributed by atoms with Crippen LogP contribution in [0.25, 0.3) is 11.2 Å². The van der Waals surface area contributed by atoms with Gasteiger partial charge < -0.3 is 20.6 Å². The van der Waals surface area contributed by atoms with Crippen molar-refractivity contribution < 1.29 is 15.3 Å². The standard InChI is InChI=1S/C17H28N6O3S/c1-3-5-6-18-15-12-16(20-17(19-15)27-7-4-2)23(22-21-12)11-8-10(9-24)13(25)14(11)26/h10-11,13-14,24-26H,3-9H2,1-2H3,(H,18,19,20)/t10?,11?,13?,14-/m0/s1. The number of aliphatic hydroxyl groups is 3. The lowest BCUT2D eigenvalue weighted by Gasteiger charge is -2.17. The van der Waals surface area contributed by atoms with E-state index < -0.39 is 18.2 Å². The zero-order valence-electron chi connectivity index (χ0n) is 15.7. The summed E-state index contributed by atoms with van der Waals surface area (Å²) in [4.78, 5) is 9.20. The summed E-state index contributed by atoms with van der Waals surface area (Å²) in [6.45, 7) is 4.83. The Morgan fingerprint density at radius 2 is 2.00 bits per heavy atom. The minimum absolute atomic E-state index is 0.183. The van der Waals surface area contributed by atoms with Gasteiger partial charge in [-0.1, -0.05) is 37.2 Å². The van der Waals surface area contributed by atoms with E-state index in [0.29, 0.717) is 28.6 Å². The predicted octanol–water partition coefficient (Wildman–Crippen LogP) is 1.21. The summed E-state index contributed by atoms with van der Waals surface area (Å²) in [6.07, 6.45) is 1.50. The molecule has 27 heavy (non-hydrogen) atoms. The van der Waals surface area contributed by atoms with Gasteiger partial charge in [0, 0.05) is 24.8 Å². The highest BCUT2D eigenvalue weighted by Crippen LogP contribution is 2.36. The van der Waals surface area contributed by atoms with Gasteiger partial charge in [0.1, 0.15) is 6.10 Å². The number of rotatable bonds is 9. The van der Waals surface area contributed by atoms with E-state index in [1.807, 2.05) is 0 Å². The fourth-order valence-electron chi connectivity index (χ4n) is 3.32. The molecule has 3 unspecified atom stereocenters. The molecule has 150 valence electrons. The molecule has 2 aromatic rings. The van der Waals surface area contributed by atoms with Gasteiger partial charge in [0.2, 0.25) is 0 Å². The van der Waals surface area contributed by atoms with Crippen molar-refractivity contribution in [3.05, 3.63) is 0 Å². The average molecular weight is 397 g/mol. The van der Waals surface area contributed by atoms with Crippen molar-refractivity contribution in [2.24, 2.45) is 5.92 Å². The Balaban J connectivity index is 1.98. The van der Waals surface area contributed by atoms with E-state index in [0.717, 1.165) is 31.6 Å². The van der Waals surface area contributed by atoms with Crippen molar-refractivity contribution in [1.29, 1.82) is 0 Å². The van der Waals surface area contributed by atoms with Crippen molar-refractivity contribution in [3.63, 3.8) is 0 Å². The first-order valence-electron chi connectivity index (χ1n) is 9.57. The second kappa shape index (κ2) is 9.13. The fraction of sp³-hybridized carbons (Fsp3) is 0.765. The highest BCUT2D eigenvalue weighted by molar-refractivity contribution is 7.99. The first kappa shape index (κ1) is 20.2. The van der Waals surface area contributed by atoms with Crippen LogP contribution in [0.15, 0.2) is 5.16 Å². The molecule has 0 aromatic carbocycles. The summed E-state index contributed by atoms with van der Waals surface area (Å²) < 4.78 is 1.57. The van der Waals surface area contributed by atoms with Crippen LogP contribution >= 0.6 is 11.8 Å². The summed E-state index contributed by atoms with van der Waals surface area (Å²) in [5.41, 5.74) is 1.10. The average Bonchev–Trinajstić information content (AvgIpc) is 3.21. The first-order chi connectivity index (χ1) is 13.1. The van der Waals surface area contributed by atoms with Gasteiger partial charge in [-0.2, -0.15) is 0 Å². The van der Waals surface area contributed by atoms with Crippen LogP contribution in [0, 0.1) is 5.92 Å². The number of unbranched alkanes of at least 4 members (excludes halogenated alkanes) is 1. The molecule has 0 amide bonds. The molecule has 0 aliphatic heterocycles. The number of nitrogens with zero attached hydrogens (tertiary/aromatic N) is 5. The van der Waals surface area contributed by atoms with Crippen LogP contribution in [0.1, 0.15) is 45.6 Å². The minimum atomic E-state index is -1.02. The Kier molecular flexibility index (Phi) is 6.85. The topological polar surface area (TPSA) is 129 Å². The van der Waals surface area contributed by atoms with Crippen LogP contribution in [-0.4, -0.2) is 71.4 Å². The monoisotopic (exact) mass is 396 g/mol. The molecule has 2 heterocycles. The molecule has 2 aromatic heterocycles. The second-order valence-corrected chi connectivity index (χ2v) is 7.98. The normalized spacial score (nSPS) is 25.4. The number of aliphatic hydroxyl groups excluding tert-OH is 3. The zero-order chi connectivity index (χ0) is 19.4. The maximum Gasteiger partial charge on any atom is 0.191 e. The Morgan fingerprint density at radius 3 is 2.67 bits per heavy atom. The van der Waals surface area contributed by atoms with Crippen molar-refractivity contribution in [1.82, 2.24) is 25.0 Å². The number of fused-ring (bicyclic) bond motifs is 1. The van der Waals surface area contributed by atoms with Crippen LogP contribution in [0.5, 0.6) is 0 Å². The number of nitrogens with one attached hydrogen (secondary N) is 1. The molecule has 4 N–H and O–H groups in total. The van der Waals surface area contributed by atoms with Crippen molar-refractivity contribution in [2.45, 2.75) is 62.9 Å². The van der Waals surface area contributed by atoms with Gasteiger partial charge in [-0.3, -0.25) is 0 Å². The number of hydrogen-bond acceptors (Lipinski definition) is 9. The van der Waals surface area contributed by atoms with Crippen LogP contribution in [0.4, 0.5) is 5.82 Å². The Labute approximate surface area is 162 Å². The molecule has 0 bridgehead atoms. The SMILES string of the molecule is CCCCNc1nc(SCCC)nc2c1nnn2C1CC(CO)C(O)[C@H]1O. The second-order valence-electron chi connectivity index (χ2n) is 6.92. The van der Waals surface area contributed by atoms with Gasteiger partial charge >= 0.3 is 0 Å². The summed E-state index contributed by atoms with van der Waals surface area (Å²) in [5, 5.41) is 42.4. The molecule has 1 aliphatic carbocycles. The van der Waals surface area contributed by atoms with Gasteiger partial charge in [-0.15, -0.1) is 5.10 Å². The third kappa shape index (κ3) is 4.18. The van der Waals surface area contributed by atoms with E-state index in [9.17, 15) is 15.3 Å². The van der Waals surface area contributed by atoms with Gasteiger partial charge in [0.25, 0.3) is 0 Å². The molecule has 10 heteroatoms. The molecule has 0 saturated heterocycles. The smallest absolute Gasteiger partial charge is 0.191 e. The predicted molar refractivity (Wildman–Crippen MR) is 104 cm³/mol. The van der Waals surface area contributed by atoms with Gasteiger partial charge in [0.05, 0.1) is 12.1 Å². The molecule has 1 aliphatic rings. The van der Waals surface area contributed by atoms with Gasteiger partial charge in [-0.05, 0) is 19.3 Å². The summed E-state index contributed by atoms with van der Waals surface area (Å²) >= 11 is 1.57. The molecule has 9 nitrogen and oxygen atoms in total.